The lowest BCUT2D eigenvalue weighted by atomic mass is 9.94. The van der Waals surface area contributed by atoms with Crippen LogP contribution in [0.4, 0.5) is 10.5 Å². The normalized spacial score (nSPS) is 17.7. The highest BCUT2D eigenvalue weighted by Crippen LogP contribution is 2.44. The minimum Gasteiger partial charge on any atom is -0.311 e. The number of anilines is 1. The summed E-state index contributed by atoms with van der Waals surface area (Å²) in [5.41, 5.74) is 7.29. The van der Waals surface area contributed by atoms with Crippen LogP contribution in [-0.2, 0) is 19.4 Å². The molecule has 31 heavy (non-hydrogen) atoms. The van der Waals surface area contributed by atoms with Crippen molar-refractivity contribution in [1.82, 2.24) is 9.47 Å². The fraction of sp³-hybridized carbons (Fsp3) is 0.423. The predicted molar refractivity (Wildman–Crippen MR) is 128 cm³/mol. The van der Waals surface area contributed by atoms with Gasteiger partial charge in [-0.05, 0) is 80.3 Å². The number of urea groups is 1. The molecule has 3 aromatic rings. The maximum Gasteiger partial charge on any atom is 0.322 e. The van der Waals surface area contributed by atoms with Gasteiger partial charge in [0.2, 0.25) is 0 Å². The number of aromatic nitrogens is 1. The van der Waals surface area contributed by atoms with Crippen LogP contribution in [0.1, 0.15) is 65.6 Å². The Morgan fingerprint density at radius 2 is 1.90 bits per heavy atom. The molecule has 162 valence electrons. The van der Waals surface area contributed by atoms with Crippen molar-refractivity contribution in [3.8, 4) is 5.00 Å². The number of aryl methyl sites for hydroxylation is 2. The number of benzene rings is 1. The molecule has 0 fully saturated rings. The summed E-state index contributed by atoms with van der Waals surface area (Å²) in [5, 5.41) is 4.56. The number of carbonyl (C=O) groups is 1. The standard InChI is InChI=1S/C26H31N3OS/c1-16(2)24-22-12-8-14-28(22)25-20(19-10-5-6-13-23(19)31-25)15-29(24)26(30)27-21-11-7-9-17(3)18(21)4/h7-9,11-12,14,16,24H,5-6,10,13,15H2,1-4H3,(H,27,30)/t24-/m1/s1. The monoisotopic (exact) mass is 433 g/mol. The van der Waals surface area contributed by atoms with E-state index >= 15 is 0 Å². The van der Waals surface area contributed by atoms with Crippen LogP contribution in [0.25, 0.3) is 5.00 Å². The molecule has 0 spiro atoms. The molecule has 0 saturated heterocycles. The van der Waals surface area contributed by atoms with Gasteiger partial charge in [-0.25, -0.2) is 4.79 Å². The van der Waals surface area contributed by atoms with Crippen molar-refractivity contribution in [1.29, 1.82) is 0 Å². The van der Waals surface area contributed by atoms with E-state index in [1.807, 2.05) is 23.5 Å². The van der Waals surface area contributed by atoms with E-state index in [9.17, 15) is 4.79 Å². The Morgan fingerprint density at radius 1 is 1.10 bits per heavy atom. The molecular weight excluding hydrogens is 402 g/mol. The van der Waals surface area contributed by atoms with E-state index in [-0.39, 0.29) is 12.1 Å². The number of rotatable bonds is 2. The van der Waals surface area contributed by atoms with Gasteiger partial charge in [0.25, 0.3) is 0 Å². The van der Waals surface area contributed by atoms with E-state index in [0.29, 0.717) is 12.5 Å². The minimum atomic E-state index is -0.0104. The molecule has 2 amide bonds. The Labute approximate surface area is 188 Å². The summed E-state index contributed by atoms with van der Waals surface area (Å²) >= 11 is 1.94. The van der Waals surface area contributed by atoms with E-state index in [0.717, 1.165) is 17.7 Å². The molecule has 5 heteroatoms. The first kappa shape index (κ1) is 20.4. The summed E-state index contributed by atoms with van der Waals surface area (Å²) in [6.07, 6.45) is 7.01. The zero-order valence-corrected chi connectivity index (χ0v) is 19.7. The average molecular weight is 434 g/mol. The number of thiophene rings is 1. The summed E-state index contributed by atoms with van der Waals surface area (Å²) in [6, 6.07) is 10.4. The highest BCUT2D eigenvalue weighted by Gasteiger charge is 2.36. The second-order valence-electron chi connectivity index (χ2n) is 9.29. The third kappa shape index (κ3) is 3.39. The number of nitrogens with one attached hydrogen (secondary N) is 1. The second-order valence-corrected chi connectivity index (χ2v) is 10.4. The van der Waals surface area contributed by atoms with E-state index < -0.39 is 0 Å². The second kappa shape index (κ2) is 7.86. The first-order valence-corrected chi connectivity index (χ1v) is 12.2. The van der Waals surface area contributed by atoms with Crippen LogP contribution in [0.5, 0.6) is 0 Å². The third-order valence-corrected chi connectivity index (χ3v) is 8.30. The van der Waals surface area contributed by atoms with Crippen LogP contribution in [0.2, 0.25) is 0 Å². The zero-order chi connectivity index (χ0) is 21.7. The first-order valence-electron chi connectivity index (χ1n) is 11.4. The molecule has 4 nitrogen and oxygen atoms in total. The van der Waals surface area contributed by atoms with Gasteiger partial charge >= 0.3 is 6.03 Å². The number of carbonyl (C=O) groups excluding carboxylic acids is 1. The molecule has 0 radical (unpaired) electrons. The molecule has 1 aliphatic carbocycles. The largest absolute Gasteiger partial charge is 0.322 e. The highest BCUT2D eigenvalue weighted by atomic mass is 32.1. The van der Waals surface area contributed by atoms with Crippen LogP contribution in [0, 0.1) is 19.8 Å². The van der Waals surface area contributed by atoms with Crippen molar-refractivity contribution in [3.05, 3.63) is 69.4 Å². The molecular formula is C26H31N3OS. The maximum atomic E-state index is 13.7. The molecule has 0 saturated carbocycles. The summed E-state index contributed by atoms with van der Waals surface area (Å²) in [7, 11) is 0. The number of nitrogens with zero attached hydrogens (tertiary/aromatic N) is 2. The SMILES string of the molecule is Cc1cccc(NC(=O)N2Cc3c(sc4c3CCCC4)-n3cccc3[C@H]2C(C)C)c1C. The molecule has 3 heterocycles. The van der Waals surface area contributed by atoms with Gasteiger partial charge in [0.05, 0.1) is 12.6 Å². The smallest absolute Gasteiger partial charge is 0.311 e. The summed E-state index contributed by atoms with van der Waals surface area (Å²) in [5.74, 6) is 0.308. The Hall–Kier alpha value is -2.53. The Kier molecular flexibility index (Phi) is 5.17. The van der Waals surface area contributed by atoms with Gasteiger partial charge in [-0.15, -0.1) is 11.3 Å². The Balaban J connectivity index is 1.60. The van der Waals surface area contributed by atoms with Gasteiger partial charge in [-0.2, -0.15) is 0 Å². The van der Waals surface area contributed by atoms with Crippen molar-refractivity contribution < 1.29 is 4.79 Å². The van der Waals surface area contributed by atoms with Gasteiger partial charge in [0.1, 0.15) is 5.00 Å². The van der Waals surface area contributed by atoms with Crippen molar-refractivity contribution in [2.24, 2.45) is 5.92 Å². The molecule has 1 aromatic carbocycles. The van der Waals surface area contributed by atoms with Crippen molar-refractivity contribution in [3.63, 3.8) is 0 Å². The molecule has 1 aliphatic heterocycles. The highest BCUT2D eigenvalue weighted by molar-refractivity contribution is 7.15. The molecule has 2 aromatic heterocycles. The predicted octanol–water partition coefficient (Wildman–Crippen LogP) is 6.78. The fourth-order valence-corrected chi connectivity index (χ4v) is 6.60. The van der Waals surface area contributed by atoms with Crippen LogP contribution in [-0.4, -0.2) is 15.5 Å². The summed E-state index contributed by atoms with van der Waals surface area (Å²) < 4.78 is 2.36. The molecule has 1 atom stereocenters. The van der Waals surface area contributed by atoms with Crippen molar-refractivity contribution in [2.45, 2.75) is 66.0 Å². The first-order chi connectivity index (χ1) is 15.0. The number of hydrogen-bond acceptors (Lipinski definition) is 2. The molecule has 5 rings (SSSR count). The van der Waals surface area contributed by atoms with Crippen molar-refractivity contribution in [2.75, 3.05) is 5.32 Å². The van der Waals surface area contributed by atoms with Gasteiger partial charge in [0.15, 0.2) is 0 Å². The number of hydrogen-bond donors (Lipinski definition) is 1. The summed E-state index contributed by atoms with van der Waals surface area (Å²) in [6.45, 7) is 9.27. The summed E-state index contributed by atoms with van der Waals surface area (Å²) in [4.78, 5) is 17.3. The van der Waals surface area contributed by atoms with Gasteiger partial charge in [-0.1, -0.05) is 26.0 Å². The van der Waals surface area contributed by atoms with Crippen LogP contribution in [0.3, 0.4) is 0 Å². The van der Waals surface area contributed by atoms with E-state index in [2.05, 4.69) is 66.9 Å². The van der Waals surface area contributed by atoms with E-state index in [1.54, 1.807) is 0 Å². The topological polar surface area (TPSA) is 37.3 Å². The average Bonchev–Trinajstić information content (AvgIpc) is 3.32. The quantitative estimate of drug-likeness (QED) is 0.475. The molecule has 0 unspecified atom stereocenters. The molecule has 0 bridgehead atoms. The Bertz CT molecular complexity index is 1140. The van der Waals surface area contributed by atoms with Gasteiger partial charge in [0, 0.05) is 28.0 Å². The number of amides is 2. The van der Waals surface area contributed by atoms with Crippen LogP contribution in [0.15, 0.2) is 36.5 Å². The lowest BCUT2D eigenvalue weighted by molar-refractivity contribution is 0.161. The van der Waals surface area contributed by atoms with Gasteiger partial charge in [-0.3, -0.25) is 0 Å². The lowest BCUT2D eigenvalue weighted by Crippen LogP contribution is -2.39. The Morgan fingerprint density at radius 3 is 2.71 bits per heavy atom. The third-order valence-electron chi connectivity index (χ3n) is 6.96. The van der Waals surface area contributed by atoms with E-state index in [1.165, 1.54) is 51.5 Å². The van der Waals surface area contributed by atoms with Crippen molar-refractivity contribution >= 4 is 23.1 Å². The van der Waals surface area contributed by atoms with Crippen LogP contribution >= 0.6 is 11.3 Å². The molecule has 1 N–H and O–H groups in total. The van der Waals surface area contributed by atoms with Gasteiger partial charge < -0.3 is 14.8 Å². The van der Waals surface area contributed by atoms with Crippen LogP contribution < -0.4 is 5.32 Å². The maximum absolute atomic E-state index is 13.7. The minimum absolute atomic E-state index is 0.0104. The fourth-order valence-electron chi connectivity index (χ4n) is 5.20. The van der Waals surface area contributed by atoms with E-state index in [4.69, 9.17) is 0 Å². The number of fused-ring (bicyclic) bond motifs is 5. The zero-order valence-electron chi connectivity index (χ0n) is 18.9. The molecule has 2 aliphatic rings. The lowest BCUT2D eigenvalue weighted by Gasteiger charge is -2.33.